The predicted molar refractivity (Wildman–Crippen MR) is 93.6 cm³/mol. The van der Waals surface area contributed by atoms with Gasteiger partial charge in [-0.1, -0.05) is 37.2 Å². The highest BCUT2D eigenvalue weighted by Gasteiger charge is 2.26. The van der Waals surface area contributed by atoms with E-state index in [1.165, 1.54) is 28.6 Å². The second kappa shape index (κ2) is 8.11. The average Bonchev–Trinajstić information content (AvgIpc) is 3.27. The van der Waals surface area contributed by atoms with E-state index in [1.54, 1.807) is 4.68 Å². The van der Waals surface area contributed by atoms with Gasteiger partial charge in [0.05, 0.1) is 11.4 Å². The molecule has 1 saturated heterocycles. The Labute approximate surface area is 150 Å². The van der Waals surface area contributed by atoms with Gasteiger partial charge in [0, 0.05) is 13.1 Å². The number of amides is 3. The van der Waals surface area contributed by atoms with Crippen LogP contribution in [-0.2, 0) is 11.2 Å². The predicted octanol–water partition coefficient (Wildman–Crippen LogP) is 1.65. The second-order valence-electron chi connectivity index (χ2n) is 5.71. The molecule has 9 heteroatoms. The van der Waals surface area contributed by atoms with Gasteiger partial charge in [0.2, 0.25) is 11.1 Å². The largest absolute Gasteiger partial charge is 0.336 e. The molecule has 1 fully saturated rings. The first-order chi connectivity index (χ1) is 12.2. The topological polar surface area (TPSA) is 93.0 Å². The highest BCUT2D eigenvalue weighted by Crippen LogP contribution is 2.19. The van der Waals surface area contributed by atoms with Crippen molar-refractivity contribution in [3.8, 4) is 5.69 Å². The van der Waals surface area contributed by atoms with Crippen LogP contribution in [0.4, 0.5) is 4.79 Å². The molecular formula is C16H20N6O2S. The van der Waals surface area contributed by atoms with E-state index >= 15 is 0 Å². The van der Waals surface area contributed by atoms with Crippen molar-refractivity contribution < 1.29 is 9.59 Å². The van der Waals surface area contributed by atoms with Crippen LogP contribution in [0.1, 0.15) is 25.3 Å². The lowest BCUT2D eigenvalue weighted by Gasteiger charge is -2.11. The number of aryl methyl sites for hydroxylation is 1. The Kier molecular flexibility index (Phi) is 5.64. The van der Waals surface area contributed by atoms with E-state index in [0.29, 0.717) is 18.2 Å². The van der Waals surface area contributed by atoms with E-state index in [9.17, 15) is 9.59 Å². The van der Waals surface area contributed by atoms with Crippen LogP contribution in [0.2, 0.25) is 0 Å². The van der Waals surface area contributed by atoms with Gasteiger partial charge in [-0.2, -0.15) is 4.68 Å². The van der Waals surface area contributed by atoms with Gasteiger partial charge < -0.3 is 5.32 Å². The molecule has 1 aromatic carbocycles. The number of thioether (sulfide) groups is 1. The highest BCUT2D eigenvalue weighted by atomic mass is 32.2. The molecule has 0 radical (unpaired) electrons. The molecule has 0 saturated carbocycles. The molecule has 2 heterocycles. The monoisotopic (exact) mass is 360 g/mol. The van der Waals surface area contributed by atoms with E-state index in [-0.39, 0.29) is 17.7 Å². The Balaban J connectivity index is 1.64. The molecule has 2 aromatic rings. The van der Waals surface area contributed by atoms with Gasteiger partial charge in [0.1, 0.15) is 0 Å². The fourth-order valence-electron chi connectivity index (χ4n) is 2.53. The van der Waals surface area contributed by atoms with E-state index in [0.717, 1.165) is 18.5 Å². The number of aromatic nitrogens is 4. The summed E-state index contributed by atoms with van der Waals surface area (Å²) in [6.45, 7) is 3.08. The average molecular weight is 360 g/mol. The first kappa shape index (κ1) is 17.4. The Bertz CT molecular complexity index is 745. The van der Waals surface area contributed by atoms with E-state index in [2.05, 4.69) is 39.9 Å². The summed E-state index contributed by atoms with van der Waals surface area (Å²) in [4.78, 5) is 24.8. The summed E-state index contributed by atoms with van der Waals surface area (Å²) in [5.41, 5.74) is 2.13. The van der Waals surface area contributed by atoms with Crippen molar-refractivity contribution in [1.82, 2.24) is 30.4 Å². The zero-order valence-electron chi connectivity index (χ0n) is 14.0. The minimum absolute atomic E-state index is 0.113. The third-order valence-electron chi connectivity index (χ3n) is 3.92. The van der Waals surface area contributed by atoms with Crippen molar-refractivity contribution in [2.45, 2.75) is 31.3 Å². The molecule has 0 atom stereocenters. The smallest absolute Gasteiger partial charge is 0.324 e. The SMILES string of the molecule is CCCCc1ccc(-n2nnnc2SCC(=O)N2CCNC2=O)cc1. The molecule has 1 N–H and O–H groups in total. The summed E-state index contributed by atoms with van der Waals surface area (Å²) in [6, 6.07) is 7.75. The van der Waals surface area contributed by atoms with E-state index in [1.807, 2.05) is 12.1 Å². The van der Waals surface area contributed by atoms with Crippen LogP contribution in [-0.4, -0.2) is 55.9 Å². The number of carbonyl (C=O) groups is 2. The number of unbranched alkanes of at least 4 members (excludes halogenated alkanes) is 1. The molecule has 1 aliphatic rings. The lowest BCUT2D eigenvalue weighted by Crippen LogP contribution is -2.35. The zero-order valence-corrected chi connectivity index (χ0v) is 14.8. The molecule has 0 bridgehead atoms. The van der Waals surface area contributed by atoms with Crippen molar-refractivity contribution in [3.63, 3.8) is 0 Å². The molecule has 25 heavy (non-hydrogen) atoms. The molecule has 3 amide bonds. The number of hydrogen-bond acceptors (Lipinski definition) is 6. The van der Waals surface area contributed by atoms with Gasteiger partial charge in [0.25, 0.3) is 0 Å². The number of hydrogen-bond donors (Lipinski definition) is 1. The summed E-state index contributed by atoms with van der Waals surface area (Å²) in [6.07, 6.45) is 3.39. The third-order valence-corrected chi connectivity index (χ3v) is 4.83. The first-order valence-electron chi connectivity index (χ1n) is 8.27. The van der Waals surface area contributed by atoms with Crippen LogP contribution in [0.15, 0.2) is 29.4 Å². The number of nitrogens with zero attached hydrogens (tertiary/aromatic N) is 5. The maximum atomic E-state index is 12.1. The molecule has 8 nitrogen and oxygen atoms in total. The number of nitrogens with one attached hydrogen (secondary N) is 1. The quantitative estimate of drug-likeness (QED) is 0.755. The fraction of sp³-hybridized carbons (Fsp3) is 0.438. The Morgan fingerprint density at radius 3 is 2.80 bits per heavy atom. The number of rotatable bonds is 7. The van der Waals surface area contributed by atoms with Crippen molar-refractivity contribution in [2.75, 3.05) is 18.8 Å². The minimum Gasteiger partial charge on any atom is -0.336 e. The maximum absolute atomic E-state index is 12.1. The van der Waals surface area contributed by atoms with Gasteiger partial charge >= 0.3 is 6.03 Å². The Morgan fingerprint density at radius 1 is 1.32 bits per heavy atom. The Morgan fingerprint density at radius 2 is 2.12 bits per heavy atom. The third kappa shape index (κ3) is 4.16. The normalized spacial score (nSPS) is 14.0. The lowest BCUT2D eigenvalue weighted by atomic mass is 10.1. The van der Waals surface area contributed by atoms with Gasteiger partial charge in [-0.25, -0.2) is 4.79 Å². The van der Waals surface area contributed by atoms with Crippen LogP contribution in [0.5, 0.6) is 0 Å². The standard InChI is InChI=1S/C16H20N6O2S/c1-2-3-4-12-5-7-13(8-6-12)22-16(18-19-20-22)25-11-14(23)21-10-9-17-15(21)24/h5-8H,2-4,9-11H2,1H3,(H,17,24). The van der Waals surface area contributed by atoms with Gasteiger partial charge in [-0.05, 0) is 41.0 Å². The lowest BCUT2D eigenvalue weighted by molar-refractivity contribution is -0.124. The Hall–Kier alpha value is -2.42. The summed E-state index contributed by atoms with van der Waals surface area (Å²) in [7, 11) is 0. The van der Waals surface area contributed by atoms with Gasteiger partial charge in [-0.3, -0.25) is 9.69 Å². The summed E-state index contributed by atoms with van der Waals surface area (Å²) in [5, 5.41) is 14.8. The van der Waals surface area contributed by atoms with Crippen LogP contribution >= 0.6 is 11.8 Å². The highest BCUT2D eigenvalue weighted by molar-refractivity contribution is 7.99. The van der Waals surface area contributed by atoms with E-state index in [4.69, 9.17) is 0 Å². The fourth-order valence-corrected chi connectivity index (χ4v) is 3.30. The summed E-state index contributed by atoms with van der Waals surface area (Å²) < 4.78 is 1.60. The number of imide groups is 1. The van der Waals surface area contributed by atoms with Crippen molar-refractivity contribution in [2.24, 2.45) is 0 Å². The molecule has 0 unspecified atom stereocenters. The van der Waals surface area contributed by atoms with Crippen LogP contribution < -0.4 is 5.32 Å². The van der Waals surface area contributed by atoms with Crippen molar-refractivity contribution >= 4 is 23.7 Å². The van der Waals surface area contributed by atoms with Crippen molar-refractivity contribution in [3.05, 3.63) is 29.8 Å². The van der Waals surface area contributed by atoms with Gasteiger partial charge in [-0.15, -0.1) is 5.10 Å². The molecule has 1 aliphatic heterocycles. The van der Waals surface area contributed by atoms with Crippen LogP contribution in [0.25, 0.3) is 5.69 Å². The van der Waals surface area contributed by atoms with Crippen molar-refractivity contribution in [1.29, 1.82) is 0 Å². The first-order valence-corrected chi connectivity index (χ1v) is 9.26. The second-order valence-corrected chi connectivity index (χ2v) is 6.65. The molecule has 1 aromatic heterocycles. The number of urea groups is 1. The summed E-state index contributed by atoms with van der Waals surface area (Å²) in [5.74, 6) is -0.132. The molecular weight excluding hydrogens is 340 g/mol. The molecule has 3 rings (SSSR count). The van der Waals surface area contributed by atoms with Crippen LogP contribution in [0, 0.1) is 0 Å². The number of tetrazole rings is 1. The summed E-state index contributed by atoms with van der Waals surface area (Å²) >= 11 is 1.22. The van der Waals surface area contributed by atoms with E-state index < -0.39 is 0 Å². The number of benzene rings is 1. The van der Waals surface area contributed by atoms with Crippen LogP contribution in [0.3, 0.4) is 0 Å². The molecule has 0 aliphatic carbocycles. The number of carbonyl (C=O) groups excluding carboxylic acids is 2. The van der Waals surface area contributed by atoms with Gasteiger partial charge in [0.15, 0.2) is 0 Å². The maximum Gasteiger partial charge on any atom is 0.324 e. The minimum atomic E-state index is -0.340. The molecule has 132 valence electrons. The molecule has 0 spiro atoms. The zero-order chi connectivity index (χ0) is 17.6.